The van der Waals surface area contributed by atoms with Crippen LogP contribution in [0.2, 0.25) is 0 Å². The van der Waals surface area contributed by atoms with E-state index in [2.05, 4.69) is 20.6 Å². The predicted octanol–water partition coefficient (Wildman–Crippen LogP) is 4.38. The van der Waals surface area contributed by atoms with Gasteiger partial charge in [-0.1, -0.05) is 30.3 Å². The highest BCUT2D eigenvalue weighted by molar-refractivity contribution is 6.37. The normalized spacial score (nSPS) is 13.9. The van der Waals surface area contributed by atoms with Gasteiger partial charge in [0.15, 0.2) is 0 Å². The summed E-state index contributed by atoms with van der Waals surface area (Å²) >= 11 is 0. The number of nitrogens with zero attached hydrogens (tertiary/aromatic N) is 2. The number of carbonyl (C=O) groups is 1. The first-order valence-electron chi connectivity index (χ1n) is 10.5. The van der Waals surface area contributed by atoms with Crippen LogP contribution in [0.5, 0.6) is 0 Å². The molecule has 168 valence electrons. The number of non-ortho nitro benzene ring substituents is 1. The Morgan fingerprint density at radius 3 is 2.62 bits per heavy atom. The maximum Gasteiger partial charge on any atom is 0.270 e. The van der Waals surface area contributed by atoms with Gasteiger partial charge in [0.1, 0.15) is 0 Å². The molecular weight excluding hydrogens is 432 g/mol. The number of aromatic amines is 1. The summed E-state index contributed by atoms with van der Waals surface area (Å²) in [4.78, 5) is 31.2. The predicted molar refractivity (Wildman–Crippen MR) is 131 cm³/mol. The molecule has 1 amide bonds. The Balaban J connectivity index is 1.64. The van der Waals surface area contributed by atoms with E-state index in [0.29, 0.717) is 29.1 Å². The molecule has 0 bridgehead atoms. The summed E-state index contributed by atoms with van der Waals surface area (Å²) in [7, 11) is 0. The van der Waals surface area contributed by atoms with E-state index in [1.165, 1.54) is 12.1 Å². The number of fused-ring (bicyclic) bond motifs is 1. The lowest BCUT2D eigenvalue weighted by Gasteiger charge is -2.16. The standard InChI is InChI=1S/C25H20N6O3/c26-12-15-2-1-3-17(10-15)24(29-18-6-4-16(5-7-18)22-13-27-14-28-22)23-20-11-19(31(33)34)8-9-21(20)30-25(23)32/h1-11,13-14,29H,12,26H2,(H,27,28)(H,30,32)/b24-23-. The van der Waals surface area contributed by atoms with Gasteiger partial charge in [0.05, 0.1) is 28.2 Å². The molecule has 5 rings (SSSR count). The van der Waals surface area contributed by atoms with Crippen molar-refractivity contribution < 1.29 is 9.72 Å². The Kier molecular flexibility index (Phi) is 5.36. The first-order chi connectivity index (χ1) is 16.5. The van der Waals surface area contributed by atoms with Crippen LogP contribution in [0.15, 0.2) is 79.3 Å². The van der Waals surface area contributed by atoms with Crippen LogP contribution in [0, 0.1) is 10.1 Å². The van der Waals surface area contributed by atoms with Crippen molar-refractivity contribution in [3.8, 4) is 11.3 Å². The molecular formula is C25H20N6O3. The third kappa shape index (κ3) is 3.91. The van der Waals surface area contributed by atoms with E-state index in [1.54, 1.807) is 18.6 Å². The van der Waals surface area contributed by atoms with E-state index >= 15 is 0 Å². The van der Waals surface area contributed by atoms with Gasteiger partial charge in [-0.15, -0.1) is 0 Å². The molecule has 1 aliphatic heterocycles. The summed E-state index contributed by atoms with van der Waals surface area (Å²) < 4.78 is 0. The molecule has 0 aliphatic carbocycles. The minimum atomic E-state index is -0.476. The van der Waals surface area contributed by atoms with Crippen molar-refractivity contribution in [3.05, 3.63) is 106 Å². The van der Waals surface area contributed by atoms with Gasteiger partial charge in [0.2, 0.25) is 0 Å². The molecule has 9 heteroatoms. The quantitative estimate of drug-likeness (QED) is 0.195. The fraction of sp³-hybridized carbons (Fsp3) is 0.0400. The second kappa shape index (κ2) is 8.64. The largest absolute Gasteiger partial charge is 0.354 e. The molecule has 5 N–H and O–H groups in total. The molecule has 1 aromatic heterocycles. The van der Waals surface area contributed by atoms with Gasteiger partial charge in [-0.25, -0.2) is 4.98 Å². The lowest BCUT2D eigenvalue weighted by molar-refractivity contribution is -0.384. The molecule has 9 nitrogen and oxygen atoms in total. The Labute approximate surface area is 194 Å². The second-order valence-corrected chi connectivity index (χ2v) is 7.75. The van der Waals surface area contributed by atoms with Gasteiger partial charge in [-0.2, -0.15) is 0 Å². The molecule has 0 saturated carbocycles. The summed E-state index contributed by atoms with van der Waals surface area (Å²) in [6.07, 6.45) is 3.42. The maximum atomic E-state index is 13.1. The summed E-state index contributed by atoms with van der Waals surface area (Å²) in [5.41, 5.74) is 11.7. The average Bonchev–Trinajstić information content (AvgIpc) is 3.50. The minimum Gasteiger partial charge on any atom is -0.354 e. The fourth-order valence-corrected chi connectivity index (χ4v) is 3.94. The van der Waals surface area contributed by atoms with Crippen LogP contribution in [0.3, 0.4) is 0 Å². The number of nitrogens with one attached hydrogen (secondary N) is 3. The van der Waals surface area contributed by atoms with Crippen molar-refractivity contribution in [3.63, 3.8) is 0 Å². The summed E-state index contributed by atoms with van der Waals surface area (Å²) in [5, 5.41) is 17.6. The zero-order valence-corrected chi connectivity index (χ0v) is 17.9. The number of nitro groups is 1. The number of nitro benzene ring substituents is 1. The second-order valence-electron chi connectivity index (χ2n) is 7.75. The molecule has 0 unspecified atom stereocenters. The van der Waals surface area contributed by atoms with Crippen molar-refractivity contribution in [1.82, 2.24) is 9.97 Å². The third-order valence-corrected chi connectivity index (χ3v) is 5.61. The van der Waals surface area contributed by atoms with E-state index in [1.807, 2.05) is 48.5 Å². The van der Waals surface area contributed by atoms with Crippen LogP contribution < -0.4 is 16.4 Å². The highest BCUT2D eigenvalue weighted by Crippen LogP contribution is 2.39. The van der Waals surface area contributed by atoms with Gasteiger partial charge in [0, 0.05) is 47.4 Å². The van der Waals surface area contributed by atoms with Crippen molar-refractivity contribution in [2.75, 3.05) is 10.6 Å². The van der Waals surface area contributed by atoms with E-state index in [0.717, 1.165) is 28.1 Å². The number of nitrogens with two attached hydrogens (primary N) is 1. The molecule has 0 saturated heterocycles. The first-order valence-corrected chi connectivity index (χ1v) is 10.5. The number of aromatic nitrogens is 2. The smallest absolute Gasteiger partial charge is 0.270 e. The van der Waals surface area contributed by atoms with E-state index < -0.39 is 4.92 Å². The molecule has 1 aliphatic rings. The zero-order chi connectivity index (χ0) is 23.7. The Bertz CT molecular complexity index is 1430. The number of amides is 1. The van der Waals surface area contributed by atoms with Crippen LogP contribution in [0.25, 0.3) is 22.5 Å². The summed E-state index contributed by atoms with van der Waals surface area (Å²) in [5.74, 6) is -0.343. The van der Waals surface area contributed by atoms with Crippen LogP contribution >= 0.6 is 0 Å². The average molecular weight is 452 g/mol. The van der Waals surface area contributed by atoms with Gasteiger partial charge in [-0.3, -0.25) is 14.9 Å². The Morgan fingerprint density at radius 2 is 1.91 bits per heavy atom. The zero-order valence-electron chi connectivity index (χ0n) is 17.9. The van der Waals surface area contributed by atoms with Gasteiger partial charge in [-0.05, 0) is 35.4 Å². The number of benzene rings is 3. The molecule has 0 radical (unpaired) electrons. The number of imidazole rings is 1. The molecule has 3 aromatic carbocycles. The topological polar surface area (TPSA) is 139 Å². The molecule has 2 heterocycles. The Hall–Kier alpha value is -4.76. The van der Waals surface area contributed by atoms with Crippen molar-refractivity contribution in [1.29, 1.82) is 0 Å². The van der Waals surface area contributed by atoms with Crippen molar-refractivity contribution in [2.24, 2.45) is 5.73 Å². The third-order valence-electron chi connectivity index (χ3n) is 5.61. The van der Waals surface area contributed by atoms with Crippen LogP contribution in [0.1, 0.15) is 16.7 Å². The maximum absolute atomic E-state index is 13.1. The SMILES string of the molecule is NCc1cccc(/C(Nc2ccc(-c3c[nH]cn3)cc2)=C2/C(=O)Nc3ccc([N+](=O)[O-])cc32)c1. The van der Waals surface area contributed by atoms with Crippen LogP contribution in [-0.2, 0) is 11.3 Å². The van der Waals surface area contributed by atoms with E-state index in [9.17, 15) is 14.9 Å². The van der Waals surface area contributed by atoms with Gasteiger partial charge < -0.3 is 21.4 Å². The first kappa shape index (κ1) is 21.1. The minimum absolute atomic E-state index is 0.0915. The molecule has 34 heavy (non-hydrogen) atoms. The van der Waals surface area contributed by atoms with Crippen LogP contribution in [-0.4, -0.2) is 20.8 Å². The highest BCUT2D eigenvalue weighted by atomic mass is 16.6. The van der Waals surface area contributed by atoms with Gasteiger partial charge in [0.25, 0.3) is 11.6 Å². The van der Waals surface area contributed by atoms with E-state index in [4.69, 9.17) is 5.73 Å². The Morgan fingerprint density at radius 1 is 1.09 bits per heavy atom. The lowest BCUT2D eigenvalue weighted by atomic mass is 9.98. The number of carbonyl (C=O) groups excluding carboxylic acids is 1. The summed E-state index contributed by atoms with van der Waals surface area (Å²) in [6, 6.07) is 19.5. The van der Waals surface area contributed by atoms with E-state index in [-0.39, 0.29) is 11.6 Å². The molecule has 0 fully saturated rings. The molecule has 0 atom stereocenters. The highest BCUT2D eigenvalue weighted by Gasteiger charge is 2.30. The van der Waals surface area contributed by atoms with Crippen LogP contribution in [0.4, 0.5) is 17.1 Å². The lowest BCUT2D eigenvalue weighted by Crippen LogP contribution is -2.10. The van der Waals surface area contributed by atoms with Gasteiger partial charge >= 0.3 is 0 Å². The summed E-state index contributed by atoms with van der Waals surface area (Å²) in [6.45, 7) is 0.336. The number of rotatable bonds is 6. The van der Waals surface area contributed by atoms with Crippen molar-refractivity contribution >= 4 is 34.2 Å². The number of H-pyrrole nitrogens is 1. The molecule has 4 aromatic rings. The van der Waals surface area contributed by atoms with Crippen molar-refractivity contribution in [2.45, 2.75) is 6.54 Å². The molecule has 0 spiro atoms. The number of anilines is 2. The number of hydrogen-bond donors (Lipinski definition) is 4. The number of hydrogen-bond acceptors (Lipinski definition) is 6. The monoisotopic (exact) mass is 452 g/mol. The fourth-order valence-electron chi connectivity index (χ4n) is 3.94.